The van der Waals surface area contributed by atoms with Crippen LogP contribution in [0.2, 0.25) is 0 Å². The van der Waals surface area contributed by atoms with Gasteiger partial charge in [0.25, 0.3) is 0 Å². The number of methoxy groups -OCH3 is 1. The molecule has 0 spiro atoms. The molecule has 2 rings (SSSR count). The zero-order chi connectivity index (χ0) is 13.7. The monoisotopic (exact) mass is 265 g/mol. The topological polar surface area (TPSA) is 59.0 Å². The summed E-state index contributed by atoms with van der Waals surface area (Å²) in [6, 6.07) is 7.02. The third-order valence-electron chi connectivity index (χ3n) is 3.38. The highest BCUT2D eigenvalue weighted by atomic mass is 16.5. The number of rotatable bonds is 5. The largest absolute Gasteiger partial charge is 0.496 e. The SMILES string of the molecule is COc1ccccc1CC(C(=O)O)N1CCOCC1. The smallest absolute Gasteiger partial charge is 0.321 e. The fraction of sp³-hybridized carbons (Fsp3) is 0.500. The third-order valence-corrected chi connectivity index (χ3v) is 3.38. The Labute approximate surface area is 112 Å². The van der Waals surface area contributed by atoms with E-state index in [-0.39, 0.29) is 0 Å². The molecule has 1 unspecified atom stereocenters. The lowest BCUT2D eigenvalue weighted by Crippen LogP contribution is -2.48. The Hall–Kier alpha value is -1.59. The summed E-state index contributed by atoms with van der Waals surface area (Å²) in [5.41, 5.74) is 0.920. The lowest BCUT2D eigenvalue weighted by molar-refractivity contribution is -0.145. The van der Waals surface area contributed by atoms with Crippen LogP contribution in [0.1, 0.15) is 5.56 Å². The van der Waals surface area contributed by atoms with E-state index in [4.69, 9.17) is 9.47 Å². The summed E-state index contributed by atoms with van der Waals surface area (Å²) in [7, 11) is 1.60. The lowest BCUT2D eigenvalue weighted by atomic mass is 10.0. The molecule has 1 aromatic carbocycles. The number of para-hydroxylation sites is 1. The van der Waals surface area contributed by atoms with E-state index in [1.807, 2.05) is 29.2 Å². The van der Waals surface area contributed by atoms with E-state index >= 15 is 0 Å². The Morgan fingerprint density at radius 2 is 2.11 bits per heavy atom. The average Bonchev–Trinajstić information content (AvgIpc) is 2.45. The standard InChI is InChI=1S/C14H19NO4/c1-18-13-5-3-2-4-11(13)10-12(14(16)17)15-6-8-19-9-7-15/h2-5,12H,6-10H2,1H3,(H,16,17). The second-order valence-electron chi connectivity index (χ2n) is 4.52. The van der Waals surface area contributed by atoms with Crippen LogP contribution in [-0.2, 0) is 16.0 Å². The number of hydrogen-bond donors (Lipinski definition) is 1. The first-order valence-electron chi connectivity index (χ1n) is 6.39. The molecular weight excluding hydrogens is 246 g/mol. The quantitative estimate of drug-likeness (QED) is 0.861. The molecule has 5 nitrogen and oxygen atoms in total. The van der Waals surface area contributed by atoms with Gasteiger partial charge in [-0.05, 0) is 11.6 Å². The molecule has 0 aromatic heterocycles. The van der Waals surface area contributed by atoms with Crippen LogP contribution in [0.15, 0.2) is 24.3 Å². The molecule has 0 bridgehead atoms. The highest BCUT2D eigenvalue weighted by molar-refractivity contribution is 5.74. The fourth-order valence-corrected chi connectivity index (χ4v) is 2.34. The molecule has 0 radical (unpaired) electrons. The Bertz CT molecular complexity index is 429. The number of carbonyl (C=O) groups is 1. The van der Waals surface area contributed by atoms with Crippen LogP contribution in [0.5, 0.6) is 5.75 Å². The number of carboxylic acid groups (broad SMARTS) is 1. The molecule has 104 valence electrons. The van der Waals surface area contributed by atoms with Gasteiger partial charge in [-0.2, -0.15) is 0 Å². The Morgan fingerprint density at radius 3 is 2.74 bits per heavy atom. The van der Waals surface area contributed by atoms with Gasteiger partial charge in [0.1, 0.15) is 11.8 Å². The normalized spacial score (nSPS) is 17.9. The zero-order valence-electron chi connectivity index (χ0n) is 11.0. The number of hydrogen-bond acceptors (Lipinski definition) is 4. The van der Waals surface area contributed by atoms with Crippen molar-refractivity contribution < 1.29 is 19.4 Å². The molecule has 5 heteroatoms. The molecule has 1 N–H and O–H groups in total. The van der Waals surface area contributed by atoms with Crippen molar-refractivity contribution in [1.29, 1.82) is 0 Å². The van der Waals surface area contributed by atoms with Crippen LogP contribution in [0.25, 0.3) is 0 Å². The highest BCUT2D eigenvalue weighted by Crippen LogP contribution is 2.21. The molecule has 1 aliphatic rings. The molecule has 1 heterocycles. The molecule has 0 amide bonds. The summed E-state index contributed by atoms with van der Waals surface area (Å²) in [5, 5.41) is 9.43. The van der Waals surface area contributed by atoms with Gasteiger partial charge < -0.3 is 14.6 Å². The number of morpholine rings is 1. The van der Waals surface area contributed by atoms with Gasteiger partial charge >= 0.3 is 5.97 Å². The van der Waals surface area contributed by atoms with Gasteiger partial charge in [-0.1, -0.05) is 18.2 Å². The molecule has 1 aliphatic heterocycles. The molecule has 0 saturated carbocycles. The molecular formula is C14H19NO4. The minimum atomic E-state index is -0.798. The van der Waals surface area contributed by atoms with Crippen LogP contribution in [-0.4, -0.2) is 55.4 Å². The Morgan fingerprint density at radius 1 is 1.42 bits per heavy atom. The van der Waals surface area contributed by atoms with E-state index in [1.54, 1.807) is 7.11 Å². The van der Waals surface area contributed by atoms with E-state index in [0.717, 1.165) is 11.3 Å². The van der Waals surface area contributed by atoms with Crippen molar-refractivity contribution in [2.75, 3.05) is 33.4 Å². The van der Waals surface area contributed by atoms with Gasteiger partial charge in [-0.3, -0.25) is 9.69 Å². The van der Waals surface area contributed by atoms with Crippen molar-refractivity contribution in [3.05, 3.63) is 29.8 Å². The van der Waals surface area contributed by atoms with E-state index in [1.165, 1.54) is 0 Å². The van der Waals surface area contributed by atoms with Crippen molar-refractivity contribution in [1.82, 2.24) is 4.90 Å². The summed E-state index contributed by atoms with van der Waals surface area (Å²) in [5.74, 6) is -0.0604. The zero-order valence-corrected chi connectivity index (χ0v) is 11.0. The van der Waals surface area contributed by atoms with Gasteiger partial charge in [0.05, 0.1) is 20.3 Å². The van der Waals surface area contributed by atoms with Gasteiger partial charge in [-0.25, -0.2) is 0 Å². The fourth-order valence-electron chi connectivity index (χ4n) is 2.34. The number of ether oxygens (including phenoxy) is 2. The predicted molar refractivity (Wildman–Crippen MR) is 70.5 cm³/mol. The average molecular weight is 265 g/mol. The highest BCUT2D eigenvalue weighted by Gasteiger charge is 2.28. The van der Waals surface area contributed by atoms with Crippen molar-refractivity contribution in [2.24, 2.45) is 0 Å². The van der Waals surface area contributed by atoms with Crippen LogP contribution in [0.4, 0.5) is 0 Å². The maximum atomic E-state index is 11.5. The minimum absolute atomic E-state index is 0.444. The van der Waals surface area contributed by atoms with E-state index in [2.05, 4.69) is 0 Å². The van der Waals surface area contributed by atoms with Gasteiger partial charge in [0.15, 0.2) is 0 Å². The second kappa shape index (κ2) is 6.54. The summed E-state index contributed by atoms with van der Waals surface area (Å²) >= 11 is 0. The molecule has 1 saturated heterocycles. The number of aliphatic carboxylic acids is 1. The van der Waals surface area contributed by atoms with Crippen molar-refractivity contribution in [3.63, 3.8) is 0 Å². The first-order valence-corrected chi connectivity index (χ1v) is 6.39. The lowest BCUT2D eigenvalue weighted by Gasteiger charge is -2.32. The van der Waals surface area contributed by atoms with Gasteiger partial charge in [0.2, 0.25) is 0 Å². The summed E-state index contributed by atoms with van der Waals surface area (Å²) in [6.07, 6.45) is 0.444. The third kappa shape index (κ3) is 3.45. The van der Waals surface area contributed by atoms with Crippen LogP contribution < -0.4 is 4.74 Å². The first-order chi connectivity index (χ1) is 9.22. The molecule has 1 atom stereocenters. The van der Waals surface area contributed by atoms with Crippen LogP contribution in [0.3, 0.4) is 0 Å². The Balaban J connectivity index is 2.13. The van der Waals surface area contributed by atoms with Crippen molar-refractivity contribution in [3.8, 4) is 5.75 Å². The van der Waals surface area contributed by atoms with Crippen molar-refractivity contribution in [2.45, 2.75) is 12.5 Å². The number of benzene rings is 1. The Kier molecular flexibility index (Phi) is 4.76. The summed E-state index contributed by atoms with van der Waals surface area (Å²) in [4.78, 5) is 13.4. The van der Waals surface area contributed by atoms with E-state index in [9.17, 15) is 9.90 Å². The summed E-state index contributed by atoms with van der Waals surface area (Å²) in [6.45, 7) is 2.50. The molecule has 0 aliphatic carbocycles. The second-order valence-corrected chi connectivity index (χ2v) is 4.52. The molecule has 19 heavy (non-hydrogen) atoms. The number of carboxylic acids is 1. The minimum Gasteiger partial charge on any atom is -0.496 e. The van der Waals surface area contributed by atoms with Gasteiger partial charge in [-0.15, -0.1) is 0 Å². The van der Waals surface area contributed by atoms with Crippen molar-refractivity contribution >= 4 is 5.97 Å². The summed E-state index contributed by atoms with van der Waals surface area (Å²) < 4.78 is 10.5. The maximum Gasteiger partial charge on any atom is 0.321 e. The van der Waals surface area contributed by atoms with E-state index < -0.39 is 12.0 Å². The molecule has 1 aromatic rings. The molecule has 1 fully saturated rings. The maximum absolute atomic E-state index is 11.5. The number of nitrogens with zero attached hydrogens (tertiary/aromatic N) is 1. The van der Waals surface area contributed by atoms with E-state index in [0.29, 0.717) is 32.7 Å². The predicted octanol–water partition coefficient (Wildman–Crippen LogP) is 1.02. The van der Waals surface area contributed by atoms with Gasteiger partial charge in [0, 0.05) is 19.5 Å². The van der Waals surface area contributed by atoms with Crippen LogP contribution in [0, 0.1) is 0 Å². The van der Waals surface area contributed by atoms with Crippen LogP contribution >= 0.6 is 0 Å². The first kappa shape index (κ1) is 13.8.